The quantitative estimate of drug-likeness (QED) is 0.178. The molecule has 140 valence electrons. The van der Waals surface area contributed by atoms with Crippen molar-refractivity contribution in [3.05, 3.63) is 29.3 Å². The van der Waals surface area contributed by atoms with Crippen molar-refractivity contribution in [2.45, 2.75) is 38.1 Å². The summed E-state index contributed by atoms with van der Waals surface area (Å²) in [7, 11) is 0. The fraction of sp³-hybridized carbons (Fsp3) is 0.556. The second-order valence-corrected chi connectivity index (χ2v) is 6.85. The van der Waals surface area contributed by atoms with Gasteiger partial charge in [0.15, 0.2) is 5.96 Å². The number of hydrogen-bond donors (Lipinski definition) is 3. The first-order valence-corrected chi connectivity index (χ1v) is 9.80. The van der Waals surface area contributed by atoms with E-state index in [-0.39, 0.29) is 35.8 Å². The maximum absolute atomic E-state index is 11.6. The van der Waals surface area contributed by atoms with Crippen molar-refractivity contribution in [2.24, 2.45) is 10.9 Å². The van der Waals surface area contributed by atoms with Gasteiger partial charge in [0.2, 0.25) is 5.91 Å². The van der Waals surface area contributed by atoms with Crippen molar-refractivity contribution in [1.29, 1.82) is 0 Å². The van der Waals surface area contributed by atoms with E-state index in [4.69, 9.17) is 0 Å². The first kappa shape index (κ1) is 22.1. The number of halogens is 1. The van der Waals surface area contributed by atoms with Gasteiger partial charge in [-0.15, -0.1) is 35.7 Å². The van der Waals surface area contributed by atoms with E-state index in [2.05, 4.69) is 52.3 Å². The van der Waals surface area contributed by atoms with E-state index >= 15 is 0 Å². The standard InChI is InChI=1S/C18H28N4OS.HI/c1-4-19-18(21-10-9-20-17(23)14-7-8-14)22-12-15-6-5-13(2)11-16(15)24-3;/h5-6,11,14H,4,7-10,12H2,1-3H3,(H,20,23)(H2,19,21,22);1H. The fourth-order valence-corrected chi connectivity index (χ4v) is 3.04. The smallest absolute Gasteiger partial charge is 0.223 e. The molecule has 5 nitrogen and oxygen atoms in total. The van der Waals surface area contributed by atoms with E-state index in [1.807, 2.05) is 6.92 Å². The largest absolute Gasteiger partial charge is 0.357 e. The van der Waals surface area contributed by atoms with Gasteiger partial charge in [-0.25, -0.2) is 4.99 Å². The van der Waals surface area contributed by atoms with E-state index in [1.54, 1.807) is 11.8 Å². The lowest BCUT2D eigenvalue weighted by molar-refractivity contribution is -0.122. The summed E-state index contributed by atoms with van der Waals surface area (Å²) in [5.41, 5.74) is 2.50. The van der Waals surface area contributed by atoms with Crippen molar-refractivity contribution >= 4 is 47.6 Å². The molecule has 3 N–H and O–H groups in total. The second kappa shape index (κ2) is 11.6. The van der Waals surface area contributed by atoms with Gasteiger partial charge in [0.1, 0.15) is 0 Å². The first-order chi connectivity index (χ1) is 11.6. The molecule has 0 spiro atoms. The molecule has 1 aliphatic carbocycles. The summed E-state index contributed by atoms with van der Waals surface area (Å²) < 4.78 is 0. The Morgan fingerprint density at radius 1 is 1.24 bits per heavy atom. The van der Waals surface area contributed by atoms with Crippen LogP contribution in [-0.2, 0) is 11.3 Å². The number of rotatable bonds is 8. The van der Waals surface area contributed by atoms with Crippen LogP contribution < -0.4 is 16.0 Å². The Morgan fingerprint density at radius 3 is 2.60 bits per heavy atom. The van der Waals surface area contributed by atoms with Gasteiger partial charge in [-0.1, -0.05) is 12.1 Å². The van der Waals surface area contributed by atoms with Crippen LogP contribution in [-0.4, -0.2) is 37.8 Å². The van der Waals surface area contributed by atoms with Crippen molar-refractivity contribution < 1.29 is 4.79 Å². The van der Waals surface area contributed by atoms with Crippen LogP contribution in [0.4, 0.5) is 0 Å². The average molecular weight is 476 g/mol. The van der Waals surface area contributed by atoms with Crippen LogP contribution in [0.2, 0.25) is 0 Å². The molecule has 0 bridgehead atoms. The van der Waals surface area contributed by atoms with E-state index in [0.29, 0.717) is 19.6 Å². The fourth-order valence-electron chi connectivity index (χ4n) is 2.34. The number of guanidine groups is 1. The summed E-state index contributed by atoms with van der Waals surface area (Å²) in [6.45, 7) is 6.90. The lowest BCUT2D eigenvalue weighted by Crippen LogP contribution is -2.41. The minimum absolute atomic E-state index is 0. The van der Waals surface area contributed by atoms with E-state index < -0.39 is 0 Å². The highest BCUT2D eigenvalue weighted by molar-refractivity contribution is 14.0. The Hall–Kier alpha value is -0.960. The predicted molar refractivity (Wildman–Crippen MR) is 117 cm³/mol. The van der Waals surface area contributed by atoms with Crippen LogP contribution >= 0.6 is 35.7 Å². The summed E-state index contributed by atoms with van der Waals surface area (Å²) in [6.07, 6.45) is 4.17. The van der Waals surface area contributed by atoms with Crippen LogP contribution in [0.3, 0.4) is 0 Å². The van der Waals surface area contributed by atoms with Crippen LogP contribution in [0, 0.1) is 12.8 Å². The molecule has 1 amide bonds. The maximum atomic E-state index is 11.6. The average Bonchev–Trinajstić information content (AvgIpc) is 3.41. The van der Waals surface area contributed by atoms with Gasteiger partial charge in [-0.3, -0.25) is 4.79 Å². The van der Waals surface area contributed by atoms with Crippen molar-refractivity contribution in [1.82, 2.24) is 16.0 Å². The van der Waals surface area contributed by atoms with Gasteiger partial charge in [0.25, 0.3) is 0 Å². The molecule has 7 heteroatoms. The molecular formula is C18H29IN4OS. The molecule has 0 heterocycles. The molecule has 0 unspecified atom stereocenters. The van der Waals surface area contributed by atoms with Crippen molar-refractivity contribution in [2.75, 3.05) is 25.9 Å². The highest BCUT2D eigenvalue weighted by Gasteiger charge is 2.28. The number of thioether (sulfide) groups is 1. The number of carbonyl (C=O) groups excluding carboxylic acids is 1. The van der Waals surface area contributed by atoms with Crippen molar-refractivity contribution in [3.8, 4) is 0 Å². The summed E-state index contributed by atoms with van der Waals surface area (Å²) in [6, 6.07) is 6.46. The monoisotopic (exact) mass is 476 g/mol. The van der Waals surface area contributed by atoms with Crippen LogP contribution in [0.25, 0.3) is 0 Å². The Labute approximate surface area is 172 Å². The minimum Gasteiger partial charge on any atom is -0.357 e. The molecule has 0 aromatic heterocycles. The molecule has 0 saturated heterocycles. The molecule has 0 atom stereocenters. The molecule has 25 heavy (non-hydrogen) atoms. The normalized spacial score (nSPS) is 13.8. The Bertz CT molecular complexity index is 590. The zero-order valence-corrected chi connectivity index (χ0v) is 18.4. The van der Waals surface area contributed by atoms with Gasteiger partial charge in [0, 0.05) is 30.4 Å². The topological polar surface area (TPSA) is 65.5 Å². The number of carbonyl (C=O) groups is 1. The molecule has 1 saturated carbocycles. The first-order valence-electron chi connectivity index (χ1n) is 8.57. The lowest BCUT2D eigenvalue weighted by atomic mass is 10.1. The highest BCUT2D eigenvalue weighted by atomic mass is 127. The molecule has 1 aromatic rings. The number of aliphatic imine (C=N–C) groups is 1. The molecule has 1 fully saturated rings. The number of aryl methyl sites for hydroxylation is 1. The van der Waals surface area contributed by atoms with E-state index in [1.165, 1.54) is 16.0 Å². The Morgan fingerprint density at radius 2 is 1.96 bits per heavy atom. The molecular weight excluding hydrogens is 447 g/mol. The van der Waals surface area contributed by atoms with E-state index in [9.17, 15) is 4.79 Å². The van der Waals surface area contributed by atoms with Gasteiger partial charge in [-0.05, 0) is 50.1 Å². The third-order valence-corrected chi connectivity index (χ3v) is 4.68. The highest BCUT2D eigenvalue weighted by Crippen LogP contribution is 2.28. The summed E-state index contributed by atoms with van der Waals surface area (Å²) in [4.78, 5) is 17.5. The van der Waals surface area contributed by atoms with Gasteiger partial charge >= 0.3 is 0 Å². The zero-order valence-electron chi connectivity index (χ0n) is 15.2. The maximum Gasteiger partial charge on any atom is 0.223 e. The molecule has 0 radical (unpaired) electrons. The minimum atomic E-state index is 0. The third-order valence-electron chi connectivity index (χ3n) is 3.86. The van der Waals surface area contributed by atoms with Gasteiger partial charge in [0.05, 0.1) is 6.54 Å². The molecule has 2 rings (SSSR count). The van der Waals surface area contributed by atoms with Gasteiger partial charge in [-0.2, -0.15) is 0 Å². The number of amides is 1. The number of hydrogen-bond acceptors (Lipinski definition) is 3. The third kappa shape index (κ3) is 7.85. The number of nitrogens with one attached hydrogen (secondary N) is 3. The number of nitrogens with zero attached hydrogens (tertiary/aromatic N) is 1. The predicted octanol–water partition coefficient (Wildman–Crippen LogP) is 2.92. The van der Waals surface area contributed by atoms with Gasteiger partial charge < -0.3 is 16.0 Å². The van der Waals surface area contributed by atoms with Crippen LogP contribution in [0.1, 0.15) is 30.9 Å². The molecule has 0 aliphatic heterocycles. The second-order valence-electron chi connectivity index (χ2n) is 6.00. The summed E-state index contributed by atoms with van der Waals surface area (Å²) in [5, 5.41) is 9.47. The molecule has 1 aliphatic rings. The summed E-state index contributed by atoms with van der Waals surface area (Å²) in [5.74, 6) is 1.23. The SMILES string of the molecule is CCNC(=NCc1ccc(C)cc1SC)NCCNC(=O)C1CC1.I. The van der Waals surface area contributed by atoms with E-state index in [0.717, 1.165) is 25.3 Å². The Balaban J connectivity index is 0.00000312. The van der Waals surface area contributed by atoms with Crippen LogP contribution in [0.15, 0.2) is 28.1 Å². The van der Waals surface area contributed by atoms with Crippen LogP contribution in [0.5, 0.6) is 0 Å². The van der Waals surface area contributed by atoms with Crippen molar-refractivity contribution in [3.63, 3.8) is 0 Å². The lowest BCUT2D eigenvalue weighted by Gasteiger charge is -2.12. The summed E-state index contributed by atoms with van der Waals surface area (Å²) >= 11 is 1.75. The Kier molecular flexibility index (Phi) is 10.3. The molecule has 1 aromatic carbocycles. The number of benzene rings is 1. The zero-order chi connectivity index (χ0) is 17.4.